The third kappa shape index (κ3) is 6.17. The predicted octanol–water partition coefficient (Wildman–Crippen LogP) is 2.49. The molecule has 0 fully saturated rings. The molecule has 1 rings (SSSR count). The van der Waals surface area contributed by atoms with E-state index in [0.717, 1.165) is 17.0 Å². The molecule has 0 bridgehead atoms. The van der Waals surface area contributed by atoms with Crippen molar-refractivity contribution < 1.29 is 4.79 Å². The van der Waals surface area contributed by atoms with E-state index in [1.54, 1.807) is 11.8 Å². The van der Waals surface area contributed by atoms with E-state index in [0.29, 0.717) is 12.8 Å². The van der Waals surface area contributed by atoms with Crippen molar-refractivity contribution in [2.45, 2.75) is 25.8 Å². The average Bonchev–Trinajstić information content (AvgIpc) is 2.28. The first-order valence-corrected chi connectivity index (χ1v) is 7.14. The topological polar surface area (TPSA) is 55.1 Å². The Morgan fingerprint density at radius 2 is 2.11 bits per heavy atom. The minimum atomic E-state index is 0. The molecule has 0 aliphatic heterocycles. The van der Waals surface area contributed by atoms with Crippen molar-refractivity contribution in [2.75, 3.05) is 17.7 Å². The van der Waals surface area contributed by atoms with Crippen LogP contribution in [0, 0.1) is 0 Å². The highest BCUT2D eigenvalue weighted by molar-refractivity contribution is 7.98. The molecule has 1 aromatic rings. The number of nitrogen functional groups attached to an aromatic ring is 1. The number of nitrogens with one attached hydrogen (secondary N) is 1. The number of rotatable bonds is 6. The van der Waals surface area contributed by atoms with Crippen LogP contribution in [-0.4, -0.2) is 24.0 Å². The molecule has 1 atom stereocenters. The van der Waals surface area contributed by atoms with Gasteiger partial charge < -0.3 is 11.1 Å². The molecule has 0 saturated heterocycles. The number of nitrogens with two attached hydrogens (primary N) is 1. The molecule has 102 valence electrons. The van der Waals surface area contributed by atoms with Gasteiger partial charge >= 0.3 is 0 Å². The van der Waals surface area contributed by atoms with Gasteiger partial charge in [-0.05, 0) is 31.2 Å². The van der Waals surface area contributed by atoms with Crippen LogP contribution in [0.3, 0.4) is 0 Å². The normalized spacial score (nSPS) is 11.4. The fourth-order valence-electron chi connectivity index (χ4n) is 1.65. The monoisotopic (exact) mass is 288 g/mol. The van der Waals surface area contributed by atoms with Crippen LogP contribution in [0.2, 0.25) is 0 Å². The van der Waals surface area contributed by atoms with E-state index in [-0.39, 0.29) is 24.4 Å². The third-order valence-electron chi connectivity index (χ3n) is 2.50. The zero-order valence-electron chi connectivity index (χ0n) is 10.8. The van der Waals surface area contributed by atoms with Gasteiger partial charge in [0.25, 0.3) is 0 Å². The van der Waals surface area contributed by atoms with Gasteiger partial charge in [0, 0.05) is 23.9 Å². The quantitative estimate of drug-likeness (QED) is 0.791. The lowest BCUT2D eigenvalue weighted by Gasteiger charge is -2.12. The molecule has 0 saturated carbocycles. The maximum Gasteiger partial charge on any atom is 0.220 e. The summed E-state index contributed by atoms with van der Waals surface area (Å²) in [6.07, 6.45) is 3.23. The van der Waals surface area contributed by atoms with Gasteiger partial charge in [-0.1, -0.05) is 18.2 Å². The van der Waals surface area contributed by atoms with E-state index >= 15 is 0 Å². The minimum absolute atomic E-state index is 0. The summed E-state index contributed by atoms with van der Waals surface area (Å²) in [5.74, 6) is 1.04. The van der Waals surface area contributed by atoms with Crippen molar-refractivity contribution in [1.82, 2.24) is 5.32 Å². The second-order valence-electron chi connectivity index (χ2n) is 4.12. The van der Waals surface area contributed by atoms with Crippen LogP contribution in [0.1, 0.15) is 18.9 Å². The second-order valence-corrected chi connectivity index (χ2v) is 5.03. The Bertz CT molecular complexity index is 374. The van der Waals surface area contributed by atoms with Crippen molar-refractivity contribution in [1.29, 1.82) is 0 Å². The number of amides is 1. The van der Waals surface area contributed by atoms with E-state index < -0.39 is 0 Å². The fourth-order valence-corrected chi connectivity index (χ4v) is 2.23. The van der Waals surface area contributed by atoms with Crippen LogP contribution >= 0.6 is 24.2 Å². The number of carbonyl (C=O) groups is 1. The van der Waals surface area contributed by atoms with Gasteiger partial charge in [0.1, 0.15) is 0 Å². The highest BCUT2D eigenvalue weighted by atomic mass is 35.5. The molecular weight excluding hydrogens is 268 g/mol. The van der Waals surface area contributed by atoms with Gasteiger partial charge in [0.2, 0.25) is 5.91 Å². The first kappa shape index (κ1) is 17.1. The van der Waals surface area contributed by atoms with Gasteiger partial charge in [-0.3, -0.25) is 4.79 Å². The van der Waals surface area contributed by atoms with Crippen molar-refractivity contribution in [3.8, 4) is 0 Å². The molecule has 0 spiro atoms. The number of hydrogen-bond donors (Lipinski definition) is 2. The van der Waals surface area contributed by atoms with E-state index in [9.17, 15) is 4.79 Å². The Hall–Kier alpha value is -0.870. The number of para-hydroxylation sites is 1. The summed E-state index contributed by atoms with van der Waals surface area (Å²) >= 11 is 1.73. The molecule has 0 radical (unpaired) electrons. The van der Waals surface area contributed by atoms with Crippen molar-refractivity contribution in [3.63, 3.8) is 0 Å². The van der Waals surface area contributed by atoms with Crippen LogP contribution in [0.15, 0.2) is 24.3 Å². The zero-order valence-corrected chi connectivity index (χ0v) is 12.4. The maximum absolute atomic E-state index is 11.7. The number of aryl methyl sites for hydroxylation is 1. The average molecular weight is 289 g/mol. The van der Waals surface area contributed by atoms with Crippen molar-refractivity contribution in [3.05, 3.63) is 29.8 Å². The fraction of sp³-hybridized carbons (Fsp3) is 0.462. The summed E-state index contributed by atoms with van der Waals surface area (Å²) in [5, 5.41) is 2.97. The number of carbonyl (C=O) groups excluding carboxylic acids is 1. The second kappa shape index (κ2) is 9.11. The Kier molecular flexibility index (Phi) is 8.67. The molecule has 1 unspecified atom stereocenters. The molecule has 5 heteroatoms. The number of anilines is 1. The van der Waals surface area contributed by atoms with Crippen LogP contribution in [0.25, 0.3) is 0 Å². The molecule has 0 heterocycles. The molecule has 1 aromatic carbocycles. The van der Waals surface area contributed by atoms with Crippen LogP contribution in [0.5, 0.6) is 0 Å². The first-order valence-electron chi connectivity index (χ1n) is 5.75. The Morgan fingerprint density at radius 1 is 1.44 bits per heavy atom. The third-order valence-corrected chi connectivity index (χ3v) is 3.33. The molecule has 0 aliphatic carbocycles. The highest BCUT2D eigenvalue weighted by Crippen LogP contribution is 2.12. The molecule has 0 aliphatic rings. The number of halogens is 1. The summed E-state index contributed by atoms with van der Waals surface area (Å²) in [6, 6.07) is 7.90. The number of thioether (sulfide) groups is 1. The Labute approximate surface area is 119 Å². The molecule has 3 nitrogen and oxygen atoms in total. The number of benzene rings is 1. The van der Waals surface area contributed by atoms with Crippen LogP contribution < -0.4 is 11.1 Å². The van der Waals surface area contributed by atoms with Gasteiger partial charge in [-0.25, -0.2) is 0 Å². The standard InChI is InChI=1S/C13H20N2OS.ClH/c1-10(9-17-2)15-13(16)8-7-11-5-3-4-6-12(11)14;/h3-6,10H,7-9,14H2,1-2H3,(H,15,16);1H. The van der Waals surface area contributed by atoms with Gasteiger partial charge in [-0.15, -0.1) is 12.4 Å². The van der Waals surface area contributed by atoms with Crippen molar-refractivity contribution in [2.24, 2.45) is 0 Å². The summed E-state index contributed by atoms with van der Waals surface area (Å²) in [4.78, 5) is 11.7. The van der Waals surface area contributed by atoms with Gasteiger partial charge in [0.05, 0.1) is 0 Å². The van der Waals surface area contributed by atoms with Gasteiger partial charge in [0.15, 0.2) is 0 Å². The largest absolute Gasteiger partial charge is 0.399 e. The number of hydrogen-bond acceptors (Lipinski definition) is 3. The lowest BCUT2D eigenvalue weighted by atomic mass is 10.1. The maximum atomic E-state index is 11.7. The molecule has 0 aromatic heterocycles. The van der Waals surface area contributed by atoms with E-state index in [1.165, 1.54) is 0 Å². The smallest absolute Gasteiger partial charge is 0.220 e. The van der Waals surface area contributed by atoms with Crippen LogP contribution in [0.4, 0.5) is 5.69 Å². The summed E-state index contributed by atoms with van der Waals surface area (Å²) in [5.41, 5.74) is 7.62. The summed E-state index contributed by atoms with van der Waals surface area (Å²) in [6.45, 7) is 2.02. The predicted molar refractivity (Wildman–Crippen MR) is 82.4 cm³/mol. The summed E-state index contributed by atoms with van der Waals surface area (Å²) < 4.78 is 0. The van der Waals surface area contributed by atoms with Crippen molar-refractivity contribution >= 4 is 35.8 Å². The first-order chi connectivity index (χ1) is 8.13. The molecule has 1 amide bonds. The van der Waals surface area contributed by atoms with Gasteiger partial charge in [-0.2, -0.15) is 11.8 Å². The SMILES string of the molecule is CSCC(C)NC(=O)CCc1ccccc1N.Cl. The van der Waals surface area contributed by atoms with E-state index in [2.05, 4.69) is 5.32 Å². The lowest BCUT2D eigenvalue weighted by Crippen LogP contribution is -2.34. The molecule has 3 N–H and O–H groups in total. The Balaban J connectivity index is 0.00000289. The Morgan fingerprint density at radius 3 is 2.72 bits per heavy atom. The van der Waals surface area contributed by atoms with Crippen LogP contribution in [-0.2, 0) is 11.2 Å². The molecular formula is C13H21ClN2OS. The minimum Gasteiger partial charge on any atom is -0.399 e. The summed E-state index contributed by atoms with van der Waals surface area (Å²) in [7, 11) is 0. The molecule has 18 heavy (non-hydrogen) atoms. The van der Waals surface area contributed by atoms with E-state index in [1.807, 2.05) is 37.4 Å². The van der Waals surface area contributed by atoms with E-state index in [4.69, 9.17) is 5.73 Å². The lowest BCUT2D eigenvalue weighted by molar-refractivity contribution is -0.121. The zero-order chi connectivity index (χ0) is 12.7. The highest BCUT2D eigenvalue weighted by Gasteiger charge is 2.07.